The van der Waals surface area contributed by atoms with Gasteiger partial charge in [-0.2, -0.15) is 9.97 Å². The second kappa shape index (κ2) is 44.3. The lowest BCUT2D eigenvalue weighted by atomic mass is 9.96. The predicted molar refractivity (Wildman–Crippen MR) is 471 cm³/mol. The molecule has 5 aromatic heterocycles. The summed E-state index contributed by atoms with van der Waals surface area (Å²) in [7, 11) is 0. The monoisotopic (exact) mass is 1890 g/mol. The highest BCUT2D eigenvalue weighted by Gasteiger charge is 2.63. The number of fused-ring (bicyclic) bond motifs is 2. The third-order valence-corrected chi connectivity index (χ3v) is 22.2. The summed E-state index contributed by atoms with van der Waals surface area (Å²) in [5, 5.41) is 98.0. The Morgan fingerprint density at radius 3 is 1.16 bits per heavy atom. The van der Waals surface area contributed by atoms with Crippen LogP contribution in [0, 0.1) is 57.8 Å². The number of alkyl halides is 3. The van der Waals surface area contributed by atoms with Gasteiger partial charge >= 0.3 is 23.4 Å². The molecule has 6 saturated heterocycles. The van der Waals surface area contributed by atoms with E-state index in [-0.39, 0.29) is 105 Å². The largest absolute Gasteiger partial charge is 0.387 e. The fraction of sp³-hybridized carbons (Fsp3) is 0.618. The maximum atomic E-state index is 15.3. The van der Waals surface area contributed by atoms with Crippen molar-refractivity contribution in [3.8, 4) is 37.0 Å². The number of terminal acetylenes is 3. The first-order valence-corrected chi connectivity index (χ1v) is 43.1. The summed E-state index contributed by atoms with van der Waals surface area (Å²) in [5.74, 6) is 6.35. The smallest absolute Gasteiger partial charge is 0.350 e. The van der Waals surface area contributed by atoms with E-state index in [0.717, 1.165) is 9.47 Å². The zero-order valence-electron chi connectivity index (χ0n) is 77.7. The molecule has 0 bridgehead atoms. The van der Waals surface area contributed by atoms with E-state index in [1.54, 1.807) is 60.6 Å². The molecule has 0 saturated carbocycles. The number of nitrogens with zero attached hydrogens (tertiary/aromatic N) is 12. The standard InChI is InChI=1S/C16H19FN4O4.2C15H19FN2O4.C15H21N3O5.2C14H22N2O5/c1-5-16(17)12(22)10(6-24-8(2)3)25-15(16)21-7-18-11-13(21)19-9(4)20-14(11)23;2*1-5-15(16)12(19)11(8-21-9(2)3)22-13(15)18-7-6-10(4)17-14(18)20;1-8(2)22-6-10-12(20)15(3,21)14(23-10)18-7-17-11-9(19)4-5-16-13(11)18;2*1-8(2)20-7-10-11(17)14(4,19)12(21-10)16-6-5-9(3)15-13(16)18/h1,7-8,10,12,15,22H,6H2,2-4H3,(H,19,20,23);1,6-7,9,11-13,19H,8H2,2-4H3;1,6-7,9,11-13,19H,4,8H2,2-3H3,(H,17,20);5,7-8,10,12,14,20-21H,4,6H2,1-3H3;5-6,8,10-12,17,19H,7H2,1-4H3;5-6,8,10-12,17,19H,3,7H2,1-2,4H3,(H,15,18)/t10-,12-,15-,16-;2*11-,12-,13-,15-;10-,12-,14-,15-;2*10-,11-,12-,14-/m111111/s1. The van der Waals surface area contributed by atoms with Gasteiger partial charge in [0.1, 0.15) is 95.9 Å². The number of aryl methyl sites for hydroxylation is 3. The molecule has 0 aliphatic carbocycles. The number of aromatic nitrogens is 10. The minimum Gasteiger partial charge on any atom is -0.387 e. The van der Waals surface area contributed by atoms with Gasteiger partial charge in [0, 0.05) is 60.2 Å². The molecule has 14 rings (SSSR count). The molecule has 45 heteroatoms. The normalized spacial score (nSPS) is 33.0. The number of aliphatic hydroxyl groups excluding tert-OH is 6. The summed E-state index contributed by atoms with van der Waals surface area (Å²) in [6.07, 6.45) is 8.02. The predicted octanol–water partition coefficient (Wildman–Crippen LogP) is 2.81. The molecular weight excluding hydrogens is 1770 g/mol. The van der Waals surface area contributed by atoms with E-state index in [1.807, 2.05) is 73.2 Å². The van der Waals surface area contributed by atoms with E-state index in [9.17, 15) is 83.5 Å². The molecule has 9 aliphatic rings. The fourth-order valence-corrected chi connectivity index (χ4v) is 14.8. The van der Waals surface area contributed by atoms with Gasteiger partial charge in [0.25, 0.3) is 5.56 Å². The van der Waals surface area contributed by atoms with Crippen LogP contribution in [0.15, 0.2) is 106 Å². The Labute approximate surface area is 771 Å². The Morgan fingerprint density at radius 2 is 0.791 bits per heavy atom. The Bertz CT molecular complexity index is 5380. The number of urea groups is 2. The van der Waals surface area contributed by atoms with E-state index in [2.05, 4.69) is 58.7 Å². The van der Waals surface area contributed by atoms with Crippen molar-refractivity contribution >= 4 is 41.0 Å². The van der Waals surface area contributed by atoms with Crippen LogP contribution < -0.4 is 27.6 Å². The van der Waals surface area contributed by atoms with Crippen LogP contribution in [0.25, 0.3) is 11.2 Å². The Kier molecular flexibility index (Phi) is 35.5. The molecular formula is C89H122F3N15O27. The quantitative estimate of drug-likeness (QED) is 0.0395. The second-order valence-electron chi connectivity index (χ2n) is 35.2. The SMILES string of the molecule is C#C[C@@]1(F)[C@H](O)[C@@H](COC(C)C)O[C@H]1N1C=CC(=C)NC1=O.C#C[C@@]1(F)[C@H](O)[C@@H](COC(C)C)O[C@H]1n1ccc(C)nc1=O.C#C[C@@]1(F)[C@H](O)[C@@H](COC(C)C)O[C@H]1n1cnc2c(=O)[nH]c(C)nc21.C=C1C=CN([C@@H]2O[C@H](COC(C)C)[C@@H](O)[C@@]2(C)O)C(=O)N1.CC(C)OC[C@H]1O[C@@H](n2cnc3c2N=CCC3=O)[C@](C)(O)[C@@H]1O.Cc1ccn([C@@H]2O[C@H](COC(C)C)[C@@H](O)[C@@]2(C)O)c(=O)n1. The van der Waals surface area contributed by atoms with Gasteiger partial charge in [-0.05, 0) is 149 Å². The number of ether oxygens (including phenoxy) is 12. The van der Waals surface area contributed by atoms with Gasteiger partial charge in [0.15, 0.2) is 65.8 Å². The van der Waals surface area contributed by atoms with Crippen LogP contribution in [-0.2, 0) is 56.8 Å². The molecule has 6 fully saturated rings. The number of hydrogen-bond acceptors (Lipinski definition) is 33. The molecule has 0 radical (unpaired) electrons. The summed E-state index contributed by atoms with van der Waals surface area (Å²) < 4.78 is 116. The van der Waals surface area contributed by atoms with Crippen molar-refractivity contribution in [3.05, 3.63) is 141 Å². The molecule has 42 nitrogen and oxygen atoms in total. The van der Waals surface area contributed by atoms with Crippen LogP contribution in [0.1, 0.15) is 163 Å². The molecule has 0 spiro atoms. The Hall–Kier alpha value is -10.2. The third-order valence-electron chi connectivity index (χ3n) is 22.2. The van der Waals surface area contributed by atoms with Gasteiger partial charge in [0.2, 0.25) is 17.0 Å². The van der Waals surface area contributed by atoms with E-state index in [4.69, 9.17) is 76.1 Å². The number of aromatic amines is 1. The van der Waals surface area contributed by atoms with Crippen LogP contribution in [0.5, 0.6) is 0 Å². The number of halogens is 3. The van der Waals surface area contributed by atoms with Crippen molar-refractivity contribution in [2.75, 3.05) is 39.6 Å². The summed E-state index contributed by atoms with van der Waals surface area (Å²) in [5.41, 5.74) is -11.7. The molecule has 4 amide bonds. The molecule has 5 aromatic rings. The van der Waals surface area contributed by atoms with Crippen LogP contribution in [0.2, 0.25) is 0 Å². The van der Waals surface area contributed by atoms with Crippen LogP contribution in [0.4, 0.5) is 28.6 Å². The number of amides is 4. The first-order valence-electron chi connectivity index (χ1n) is 43.1. The molecule has 9 aliphatic heterocycles. The maximum absolute atomic E-state index is 15.3. The van der Waals surface area contributed by atoms with Gasteiger partial charge in [-0.3, -0.25) is 37.7 Å². The van der Waals surface area contributed by atoms with E-state index >= 15 is 4.39 Å². The number of nitrogens with one attached hydrogen (secondary N) is 3. The topological polar surface area (TPSA) is 538 Å². The second-order valence-corrected chi connectivity index (χ2v) is 35.2. The zero-order valence-corrected chi connectivity index (χ0v) is 77.7. The number of aliphatic hydroxyl groups is 9. The third kappa shape index (κ3) is 23.9. The minimum atomic E-state index is -2.54. The first kappa shape index (κ1) is 107. The summed E-state index contributed by atoms with van der Waals surface area (Å²) >= 11 is 0. The maximum Gasteiger partial charge on any atom is 0.350 e. The molecule has 0 aromatic carbocycles. The average molecular weight is 1890 g/mol. The van der Waals surface area contributed by atoms with E-state index in [0.29, 0.717) is 34.4 Å². The lowest BCUT2D eigenvalue weighted by Crippen LogP contribution is -2.55. The van der Waals surface area contributed by atoms with Gasteiger partial charge in [0.05, 0.1) is 88.9 Å². The molecule has 24 atom stereocenters. The molecule has 0 unspecified atom stereocenters. The van der Waals surface area contributed by atoms with Gasteiger partial charge in [-0.15, -0.1) is 19.3 Å². The van der Waals surface area contributed by atoms with Crippen molar-refractivity contribution in [3.63, 3.8) is 0 Å². The van der Waals surface area contributed by atoms with Crippen LogP contribution in [-0.4, -0.2) is 324 Å². The summed E-state index contributed by atoms with van der Waals surface area (Å²) in [4.78, 5) is 100. The lowest BCUT2D eigenvalue weighted by molar-refractivity contribution is -0.109. The Morgan fingerprint density at radius 1 is 0.470 bits per heavy atom. The van der Waals surface area contributed by atoms with E-state index in [1.165, 1.54) is 95.2 Å². The van der Waals surface area contributed by atoms with Crippen molar-refractivity contribution in [1.82, 2.24) is 68.6 Å². The minimum absolute atomic E-state index is 0.0157. The average Bonchev–Trinajstić information content (AvgIpc) is 1.51. The number of rotatable bonds is 24. The first-order chi connectivity index (χ1) is 62.6. The van der Waals surface area contributed by atoms with E-state index < -0.39 is 173 Å². The highest BCUT2D eigenvalue weighted by atomic mass is 19.2. The van der Waals surface area contributed by atoms with Gasteiger partial charge in [-0.25, -0.2) is 52.3 Å². The number of carbonyl (C=O) groups is 3. The molecule has 736 valence electrons. The number of aliphatic imine (C=N–C) groups is 1. The van der Waals surface area contributed by atoms with Gasteiger partial charge < -0.3 is 118 Å². The summed E-state index contributed by atoms with van der Waals surface area (Å²) in [6, 6.07) is 2.08. The lowest BCUT2D eigenvalue weighted by Gasteiger charge is -2.35. The number of Topliss-reactive ketones (excluding diaryl/α,β-unsaturated/α-hetero) is 1. The number of carbonyl (C=O) groups excluding carboxylic acids is 3. The highest BCUT2D eigenvalue weighted by Crippen LogP contribution is 2.46. The molecule has 14 heterocycles. The van der Waals surface area contributed by atoms with Crippen molar-refractivity contribution in [1.29, 1.82) is 0 Å². The molecule has 134 heavy (non-hydrogen) atoms. The summed E-state index contributed by atoms with van der Waals surface area (Å²) in [6.45, 7) is 38.9. The number of imidazole rings is 2. The van der Waals surface area contributed by atoms with Crippen molar-refractivity contribution < 1.29 is 130 Å². The molecule has 12 N–H and O–H groups in total. The number of allylic oxidation sites excluding steroid dienone is 2. The Balaban J connectivity index is 0.000000181. The number of hydrogen-bond donors (Lipinski definition) is 12. The number of ketones is 1. The fourth-order valence-electron chi connectivity index (χ4n) is 14.8. The van der Waals surface area contributed by atoms with Crippen molar-refractivity contribution in [2.24, 2.45) is 4.99 Å². The van der Waals surface area contributed by atoms with Gasteiger partial charge in [-0.1, -0.05) is 30.9 Å². The van der Waals surface area contributed by atoms with Crippen LogP contribution >= 0.6 is 0 Å². The number of H-pyrrole nitrogens is 1. The van der Waals surface area contributed by atoms with Crippen LogP contribution in [0.3, 0.4) is 0 Å². The highest BCUT2D eigenvalue weighted by molar-refractivity contribution is 6.08. The van der Waals surface area contributed by atoms with Crippen molar-refractivity contribution in [2.45, 2.75) is 312 Å². The zero-order chi connectivity index (χ0) is 99.7.